The minimum absolute atomic E-state index is 0.00220. The van der Waals surface area contributed by atoms with Crippen molar-refractivity contribution in [1.29, 1.82) is 0 Å². The monoisotopic (exact) mass is 420 g/mol. The Labute approximate surface area is 182 Å². The molecule has 1 aliphatic carbocycles. The van der Waals surface area contributed by atoms with E-state index in [2.05, 4.69) is 49.6 Å². The molecule has 1 saturated carbocycles. The molecule has 2 aromatic carbocycles. The van der Waals surface area contributed by atoms with Crippen LogP contribution in [0.1, 0.15) is 48.7 Å². The Bertz CT molecular complexity index is 959. The minimum Gasteiger partial charge on any atom is -0.298 e. The lowest BCUT2D eigenvalue weighted by molar-refractivity contribution is 0.0771. The maximum Gasteiger partial charge on any atom is 0.173 e. The van der Waals surface area contributed by atoms with Crippen molar-refractivity contribution < 1.29 is 4.39 Å². The molecule has 0 bridgehead atoms. The number of hydrogen-bond acceptors (Lipinski definition) is 5. The fraction of sp³-hybridized carbons (Fsp3) is 0.458. The van der Waals surface area contributed by atoms with Gasteiger partial charge in [-0.1, -0.05) is 55.3 Å². The smallest absolute Gasteiger partial charge is 0.173 e. The molecular formula is C24H29FN6. The highest BCUT2D eigenvalue weighted by Crippen LogP contribution is 2.30. The molecule has 0 radical (unpaired) electrons. The van der Waals surface area contributed by atoms with Gasteiger partial charge in [0.2, 0.25) is 0 Å². The van der Waals surface area contributed by atoms with Crippen molar-refractivity contribution in [2.45, 2.75) is 44.3 Å². The van der Waals surface area contributed by atoms with Crippen molar-refractivity contribution >= 4 is 0 Å². The van der Waals surface area contributed by atoms with Gasteiger partial charge in [-0.05, 0) is 46.5 Å². The standard InChI is InChI=1S/C24H29FN6/c25-21-12-10-19(11-13-21)18-31-24(26-27-28-31)23(20-6-2-1-3-7-20)30-16-14-29(15-17-30)22-8-4-5-9-22/h1-3,6-7,10-13,22-23H,4-5,8-9,14-18H2/t23-/m1/s1. The summed E-state index contributed by atoms with van der Waals surface area (Å²) in [5.41, 5.74) is 2.18. The van der Waals surface area contributed by atoms with Crippen molar-refractivity contribution in [2.24, 2.45) is 0 Å². The van der Waals surface area contributed by atoms with Gasteiger partial charge in [0, 0.05) is 32.2 Å². The molecule has 1 atom stereocenters. The van der Waals surface area contributed by atoms with Crippen LogP contribution in [0, 0.1) is 5.82 Å². The minimum atomic E-state index is -0.233. The van der Waals surface area contributed by atoms with Crippen molar-refractivity contribution in [1.82, 2.24) is 30.0 Å². The van der Waals surface area contributed by atoms with E-state index in [1.165, 1.54) is 43.4 Å². The molecule has 2 aliphatic rings. The molecule has 1 saturated heterocycles. The first-order valence-corrected chi connectivity index (χ1v) is 11.3. The van der Waals surface area contributed by atoms with Gasteiger partial charge in [-0.2, -0.15) is 0 Å². The molecule has 1 aliphatic heterocycles. The number of tetrazole rings is 1. The summed E-state index contributed by atoms with van der Waals surface area (Å²) in [6.45, 7) is 4.70. The summed E-state index contributed by atoms with van der Waals surface area (Å²) in [6, 6.07) is 17.8. The molecule has 7 heteroatoms. The molecule has 2 heterocycles. The predicted octanol–water partition coefficient (Wildman–Crippen LogP) is 3.51. The summed E-state index contributed by atoms with van der Waals surface area (Å²) < 4.78 is 15.2. The van der Waals surface area contributed by atoms with Gasteiger partial charge in [-0.15, -0.1) is 5.10 Å². The number of benzene rings is 2. The average Bonchev–Trinajstić information content (AvgIpc) is 3.50. The van der Waals surface area contributed by atoms with Gasteiger partial charge in [0.1, 0.15) is 5.82 Å². The zero-order valence-electron chi connectivity index (χ0n) is 17.8. The summed E-state index contributed by atoms with van der Waals surface area (Å²) in [7, 11) is 0. The molecule has 1 aromatic heterocycles. The summed E-state index contributed by atoms with van der Waals surface area (Å²) >= 11 is 0. The second-order valence-electron chi connectivity index (χ2n) is 8.64. The third-order valence-corrected chi connectivity index (χ3v) is 6.72. The molecule has 3 aromatic rings. The first-order chi connectivity index (χ1) is 15.3. The number of hydrogen-bond donors (Lipinski definition) is 0. The van der Waals surface area contributed by atoms with Crippen LogP contribution in [0.25, 0.3) is 0 Å². The third kappa shape index (κ3) is 4.52. The topological polar surface area (TPSA) is 50.1 Å². The fourth-order valence-corrected chi connectivity index (χ4v) is 5.07. The fourth-order valence-electron chi connectivity index (χ4n) is 5.07. The molecule has 31 heavy (non-hydrogen) atoms. The van der Waals surface area contributed by atoms with Crippen LogP contribution in [0.4, 0.5) is 4.39 Å². The second-order valence-corrected chi connectivity index (χ2v) is 8.64. The van der Waals surface area contributed by atoms with Crippen LogP contribution in [0.5, 0.6) is 0 Å². The van der Waals surface area contributed by atoms with E-state index >= 15 is 0 Å². The van der Waals surface area contributed by atoms with Gasteiger partial charge >= 0.3 is 0 Å². The average molecular weight is 421 g/mol. The van der Waals surface area contributed by atoms with Gasteiger partial charge in [0.15, 0.2) is 5.82 Å². The Morgan fingerprint density at radius 2 is 1.61 bits per heavy atom. The Balaban J connectivity index is 1.39. The quantitative estimate of drug-likeness (QED) is 0.611. The highest BCUT2D eigenvalue weighted by atomic mass is 19.1. The van der Waals surface area contributed by atoms with E-state index < -0.39 is 0 Å². The van der Waals surface area contributed by atoms with Crippen molar-refractivity contribution in [3.8, 4) is 0 Å². The van der Waals surface area contributed by atoms with E-state index in [1.54, 1.807) is 12.1 Å². The first kappa shape index (κ1) is 20.3. The number of piperazine rings is 1. The number of aromatic nitrogens is 4. The van der Waals surface area contributed by atoms with Crippen molar-refractivity contribution in [3.05, 3.63) is 77.4 Å². The Kier molecular flexibility index (Phi) is 6.04. The summed E-state index contributed by atoms with van der Waals surface area (Å²) in [5, 5.41) is 12.7. The van der Waals surface area contributed by atoms with Gasteiger partial charge in [-0.3, -0.25) is 9.80 Å². The van der Waals surface area contributed by atoms with E-state index in [-0.39, 0.29) is 11.9 Å². The molecule has 0 unspecified atom stereocenters. The largest absolute Gasteiger partial charge is 0.298 e. The van der Waals surface area contributed by atoms with Crippen LogP contribution >= 0.6 is 0 Å². The SMILES string of the molecule is Fc1ccc(Cn2nnnc2[C@@H](c2ccccc2)N2CCN(C3CCCC3)CC2)cc1. The maximum absolute atomic E-state index is 13.3. The molecule has 0 amide bonds. The van der Waals surface area contributed by atoms with Crippen molar-refractivity contribution in [2.75, 3.05) is 26.2 Å². The van der Waals surface area contributed by atoms with Gasteiger partial charge in [-0.25, -0.2) is 9.07 Å². The van der Waals surface area contributed by atoms with Crippen LogP contribution in [-0.2, 0) is 6.54 Å². The van der Waals surface area contributed by atoms with Crippen molar-refractivity contribution in [3.63, 3.8) is 0 Å². The van der Waals surface area contributed by atoms with Crippen LogP contribution in [-0.4, -0.2) is 62.2 Å². The summed E-state index contributed by atoms with van der Waals surface area (Å²) in [6.07, 6.45) is 5.43. The number of rotatable bonds is 6. The molecule has 0 spiro atoms. The Hall–Kier alpha value is -2.64. The van der Waals surface area contributed by atoms with Crippen LogP contribution in [0.3, 0.4) is 0 Å². The second kappa shape index (κ2) is 9.24. The van der Waals surface area contributed by atoms with Gasteiger partial charge in [0.25, 0.3) is 0 Å². The van der Waals surface area contributed by atoms with E-state index in [1.807, 2.05) is 10.7 Å². The molecule has 2 fully saturated rings. The lowest BCUT2D eigenvalue weighted by atomic mass is 10.0. The Morgan fingerprint density at radius 1 is 0.903 bits per heavy atom. The molecule has 5 rings (SSSR count). The molecule has 6 nitrogen and oxygen atoms in total. The normalized spacial score (nSPS) is 19.6. The Morgan fingerprint density at radius 3 is 2.32 bits per heavy atom. The van der Waals surface area contributed by atoms with E-state index in [0.717, 1.165) is 43.6 Å². The van der Waals surface area contributed by atoms with Crippen LogP contribution in [0.2, 0.25) is 0 Å². The molecule has 0 N–H and O–H groups in total. The first-order valence-electron chi connectivity index (χ1n) is 11.3. The van der Waals surface area contributed by atoms with Gasteiger partial charge in [0.05, 0.1) is 12.6 Å². The van der Waals surface area contributed by atoms with E-state index in [9.17, 15) is 4.39 Å². The highest BCUT2D eigenvalue weighted by Gasteiger charge is 2.33. The molecule has 162 valence electrons. The van der Waals surface area contributed by atoms with Gasteiger partial charge < -0.3 is 0 Å². The zero-order valence-corrected chi connectivity index (χ0v) is 17.8. The number of halogens is 1. The number of nitrogens with zero attached hydrogens (tertiary/aromatic N) is 6. The van der Waals surface area contributed by atoms with E-state index in [0.29, 0.717) is 6.54 Å². The van der Waals surface area contributed by atoms with Crippen LogP contribution < -0.4 is 0 Å². The van der Waals surface area contributed by atoms with Crippen LogP contribution in [0.15, 0.2) is 54.6 Å². The predicted molar refractivity (Wildman–Crippen MR) is 117 cm³/mol. The summed E-state index contributed by atoms with van der Waals surface area (Å²) in [5.74, 6) is 0.604. The third-order valence-electron chi connectivity index (χ3n) is 6.72. The highest BCUT2D eigenvalue weighted by molar-refractivity contribution is 5.25. The maximum atomic E-state index is 13.3. The van der Waals surface area contributed by atoms with E-state index in [4.69, 9.17) is 0 Å². The lowest BCUT2D eigenvalue weighted by Crippen LogP contribution is -2.51. The zero-order chi connectivity index (χ0) is 21.0. The summed E-state index contributed by atoms with van der Waals surface area (Å²) in [4.78, 5) is 5.18. The lowest BCUT2D eigenvalue weighted by Gasteiger charge is -2.41. The molecular weight excluding hydrogens is 391 g/mol.